The molecule has 2 aliphatic carbocycles. The number of rotatable bonds is 5. The molecule has 0 aromatic rings. The normalized spacial score (nSPS) is 36.1. The van der Waals surface area contributed by atoms with Crippen LogP contribution < -0.4 is 0 Å². The first-order valence-electron chi connectivity index (χ1n) is 9.77. The van der Waals surface area contributed by atoms with E-state index in [1.807, 2.05) is 6.92 Å². The van der Waals surface area contributed by atoms with E-state index < -0.39 is 17.8 Å². The fraction of sp³-hybridized carbons (Fsp3) is 0.773. The molecule has 0 spiro atoms. The van der Waals surface area contributed by atoms with Crippen LogP contribution in [0.4, 0.5) is 0 Å². The van der Waals surface area contributed by atoms with Gasteiger partial charge in [-0.2, -0.15) is 0 Å². The predicted octanol–water partition coefficient (Wildman–Crippen LogP) is 4.16. The number of carbonyl (C=O) groups is 1. The van der Waals surface area contributed by atoms with Gasteiger partial charge in [0, 0.05) is 12.8 Å². The Bertz CT molecular complexity index is 601. The first-order chi connectivity index (χ1) is 11.9. The lowest BCUT2D eigenvalue weighted by Crippen LogP contribution is -2.58. The van der Waals surface area contributed by atoms with Gasteiger partial charge < -0.3 is 14.9 Å². The van der Waals surface area contributed by atoms with Crippen molar-refractivity contribution in [2.45, 2.75) is 91.5 Å². The highest BCUT2D eigenvalue weighted by atomic mass is 16.6. The molecule has 148 valence electrons. The van der Waals surface area contributed by atoms with E-state index in [0.717, 1.165) is 24.8 Å². The Kier molecular flexibility index (Phi) is 5.80. The summed E-state index contributed by atoms with van der Waals surface area (Å²) in [6.07, 6.45) is 4.71. The Morgan fingerprint density at radius 2 is 2.00 bits per heavy atom. The van der Waals surface area contributed by atoms with Crippen molar-refractivity contribution in [3.63, 3.8) is 0 Å². The average Bonchev–Trinajstić information content (AvgIpc) is 2.50. The molecule has 0 aromatic heterocycles. The lowest BCUT2D eigenvalue weighted by molar-refractivity contribution is -0.173. The van der Waals surface area contributed by atoms with Crippen molar-refractivity contribution in [2.75, 3.05) is 0 Å². The Balaban J connectivity index is 2.51. The molecule has 5 atom stereocenters. The molecular formula is C22H36O4. The number of fused-ring (bicyclic) bond motifs is 1. The Morgan fingerprint density at radius 1 is 1.38 bits per heavy atom. The van der Waals surface area contributed by atoms with Crippen LogP contribution in [0.2, 0.25) is 0 Å². The quantitative estimate of drug-likeness (QED) is 0.568. The summed E-state index contributed by atoms with van der Waals surface area (Å²) in [5.41, 5.74) is 0.991. The summed E-state index contributed by atoms with van der Waals surface area (Å²) in [6.45, 7) is 15.5. The van der Waals surface area contributed by atoms with Crippen LogP contribution in [0.5, 0.6) is 0 Å². The van der Waals surface area contributed by atoms with E-state index in [1.165, 1.54) is 12.5 Å². The Labute approximate surface area is 158 Å². The number of carbonyl (C=O) groups excluding carboxylic acids is 1. The lowest BCUT2D eigenvalue weighted by atomic mass is 9.48. The molecule has 5 unspecified atom stereocenters. The van der Waals surface area contributed by atoms with Gasteiger partial charge in [-0.3, -0.25) is 4.79 Å². The lowest BCUT2D eigenvalue weighted by Gasteiger charge is -2.58. The van der Waals surface area contributed by atoms with Crippen LogP contribution in [0.15, 0.2) is 23.8 Å². The van der Waals surface area contributed by atoms with Crippen molar-refractivity contribution >= 4 is 5.97 Å². The molecule has 0 bridgehead atoms. The first kappa shape index (κ1) is 21.2. The van der Waals surface area contributed by atoms with Crippen LogP contribution in [0.3, 0.4) is 0 Å². The molecular weight excluding hydrogens is 328 g/mol. The summed E-state index contributed by atoms with van der Waals surface area (Å²) >= 11 is 0. The second-order valence-corrected chi connectivity index (χ2v) is 9.48. The second kappa shape index (κ2) is 7.12. The van der Waals surface area contributed by atoms with Crippen LogP contribution in [0.25, 0.3) is 0 Å². The maximum Gasteiger partial charge on any atom is 0.303 e. The summed E-state index contributed by atoms with van der Waals surface area (Å²) < 4.78 is 5.67. The van der Waals surface area contributed by atoms with E-state index in [9.17, 15) is 15.0 Å². The minimum Gasteiger partial charge on any atom is -0.459 e. The zero-order valence-electron chi connectivity index (χ0n) is 17.3. The molecule has 2 aliphatic rings. The molecule has 2 rings (SSSR count). The van der Waals surface area contributed by atoms with Gasteiger partial charge in [-0.25, -0.2) is 0 Å². The van der Waals surface area contributed by atoms with Crippen molar-refractivity contribution in [1.29, 1.82) is 0 Å². The molecule has 0 saturated heterocycles. The molecule has 2 N–H and O–H groups in total. The standard InChI is InChI=1S/C22H36O4/c1-8-21(6,25)13-10-16-14(2)17(24)18(26-15(3)23)19-20(4,5)11-9-12-22(16,19)7/h8,17-19,24-25H,1,9-13H2,2-7H3. The highest BCUT2D eigenvalue weighted by Gasteiger charge is 2.57. The molecule has 1 fully saturated rings. The van der Waals surface area contributed by atoms with Crippen LogP contribution in [-0.2, 0) is 9.53 Å². The van der Waals surface area contributed by atoms with Gasteiger partial charge in [0.25, 0.3) is 0 Å². The summed E-state index contributed by atoms with van der Waals surface area (Å²) in [5, 5.41) is 21.4. The Morgan fingerprint density at radius 3 is 2.54 bits per heavy atom. The first-order valence-corrected chi connectivity index (χ1v) is 9.77. The van der Waals surface area contributed by atoms with Gasteiger partial charge in [0.15, 0.2) is 0 Å². The zero-order valence-corrected chi connectivity index (χ0v) is 17.3. The number of aliphatic hydroxyl groups is 2. The van der Waals surface area contributed by atoms with E-state index in [1.54, 1.807) is 13.0 Å². The molecule has 4 nitrogen and oxygen atoms in total. The minimum atomic E-state index is -0.930. The van der Waals surface area contributed by atoms with Crippen molar-refractivity contribution in [1.82, 2.24) is 0 Å². The van der Waals surface area contributed by atoms with Crippen LogP contribution in [-0.4, -0.2) is 34.0 Å². The Hall–Kier alpha value is -1.13. The number of hydrogen-bond donors (Lipinski definition) is 2. The molecule has 0 radical (unpaired) electrons. The number of esters is 1. The van der Waals surface area contributed by atoms with E-state index >= 15 is 0 Å². The van der Waals surface area contributed by atoms with Crippen molar-refractivity contribution < 1.29 is 19.7 Å². The van der Waals surface area contributed by atoms with Crippen molar-refractivity contribution in [2.24, 2.45) is 16.7 Å². The molecule has 1 saturated carbocycles. The fourth-order valence-electron chi connectivity index (χ4n) is 5.58. The summed E-state index contributed by atoms with van der Waals surface area (Å²) in [5.74, 6) is -0.293. The molecule has 4 heteroatoms. The molecule has 0 amide bonds. The van der Waals surface area contributed by atoms with Gasteiger partial charge in [-0.15, -0.1) is 6.58 Å². The smallest absolute Gasteiger partial charge is 0.303 e. The van der Waals surface area contributed by atoms with Crippen LogP contribution in [0.1, 0.15) is 73.6 Å². The number of ether oxygens (including phenoxy) is 1. The largest absolute Gasteiger partial charge is 0.459 e. The third-order valence-electron chi connectivity index (χ3n) is 6.92. The van der Waals surface area contributed by atoms with E-state index in [-0.39, 0.29) is 22.7 Å². The SMILES string of the molecule is C=CC(C)(O)CCC1=C(C)C(O)C(OC(C)=O)C2C(C)(C)CCCC12C. The van der Waals surface area contributed by atoms with E-state index in [0.29, 0.717) is 12.8 Å². The van der Waals surface area contributed by atoms with Crippen LogP contribution in [0, 0.1) is 16.7 Å². The molecule has 0 heterocycles. The monoisotopic (exact) mass is 364 g/mol. The van der Waals surface area contributed by atoms with Gasteiger partial charge in [-0.05, 0) is 55.9 Å². The molecule has 0 aliphatic heterocycles. The zero-order chi connectivity index (χ0) is 19.9. The molecule has 26 heavy (non-hydrogen) atoms. The maximum atomic E-state index is 11.7. The second-order valence-electron chi connectivity index (χ2n) is 9.48. The average molecular weight is 365 g/mol. The highest BCUT2D eigenvalue weighted by molar-refractivity contribution is 5.66. The summed E-state index contributed by atoms with van der Waals surface area (Å²) in [4.78, 5) is 11.7. The van der Waals surface area contributed by atoms with E-state index in [2.05, 4.69) is 27.4 Å². The third-order valence-corrected chi connectivity index (χ3v) is 6.92. The van der Waals surface area contributed by atoms with Crippen LogP contribution >= 0.6 is 0 Å². The minimum absolute atomic E-state index is 0.0407. The number of hydrogen-bond acceptors (Lipinski definition) is 4. The predicted molar refractivity (Wildman–Crippen MR) is 104 cm³/mol. The summed E-state index contributed by atoms with van der Waals surface area (Å²) in [6, 6.07) is 0. The third kappa shape index (κ3) is 3.77. The maximum absolute atomic E-state index is 11.7. The van der Waals surface area contributed by atoms with Crippen molar-refractivity contribution in [3.05, 3.63) is 23.8 Å². The topological polar surface area (TPSA) is 66.8 Å². The number of aliphatic hydroxyl groups excluding tert-OH is 1. The van der Waals surface area contributed by atoms with Gasteiger partial charge in [0.1, 0.15) is 12.2 Å². The van der Waals surface area contributed by atoms with Crippen molar-refractivity contribution in [3.8, 4) is 0 Å². The van der Waals surface area contributed by atoms with Gasteiger partial charge >= 0.3 is 5.97 Å². The summed E-state index contributed by atoms with van der Waals surface area (Å²) in [7, 11) is 0. The van der Waals surface area contributed by atoms with E-state index in [4.69, 9.17) is 4.74 Å². The number of allylic oxidation sites excluding steroid dienone is 1. The van der Waals surface area contributed by atoms with Gasteiger partial charge in [-0.1, -0.05) is 38.8 Å². The fourth-order valence-corrected chi connectivity index (χ4v) is 5.58. The van der Waals surface area contributed by atoms with Gasteiger partial charge in [0.2, 0.25) is 0 Å². The van der Waals surface area contributed by atoms with Gasteiger partial charge in [0.05, 0.1) is 5.60 Å². The highest BCUT2D eigenvalue weighted by Crippen LogP contribution is 2.61. The molecule has 0 aromatic carbocycles.